The fraction of sp³-hybridized carbons (Fsp3) is 0.231. The van der Waals surface area contributed by atoms with Crippen molar-refractivity contribution in [3.63, 3.8) is 0 Å². The summed E-state index contributed by atoms with van der Waals surface area (Å²) in [7, 11) is 0. The van der Waals surface area contributed by atoms with E-state index in [2.05, 4.69) is 16.7 Å². The number of hydrogen-bond donors (Lipinski definition) is 2. The third kappa shape index (κ3) is 4.04. The summed E-state index contributed by atoms with van der Waals surface area (Å²) in [4.78, 5) is 26.0. The van der Waals surface area contributed by atoms with Crippen molar-refractivity contribution in [3.05, 3.63) is 89.0 Å². The summed E-state index contributed by atoms with van der Waals surface area (Å²) in [6.45, 7) is 0.553. The van der Waals surface area contributed by atoms with Crippen LogP contribution in [0.5, 0.6) is 11.5 Å². The standard InChI is InChI=1S/C26H24N2O4/c29-25(27-15-17-12-13-23-24(14-17)32-16-31-23)21-9-3-4-11-22(21)28-26(30)20-10-5-7-18-6-1-2-8-19(18)20/h1-4,6,8-9,11-14,20H,5,7,10,15-16H2,(H,27,29)(H,28,30). The van der Waals surface area contributed by atoms with Gasteiger partial charge in [-0.05, 0) is 60.2 Å². The van der Waals surface area contributed by atoms with Crippen molar-refractivity contribution in [2.45, 2.75) is 31.7 Å². The number of rotatable bonds is 5. The van der Waals surface area contributed by atoms with Gasteiger partial charge in [0.25, 0.3) is 5.91 Å². The lowest BCUT2D eigenvalue weighted by molar-refractivity contribution is -0.117. The number of anilines is 1. The zero-order chi connectivity index (χ0) is 21.9. The molecule has 0 fully saturated rings. The van der Waals surface area contributed by atoms with Crippen molar-refractivity contribution in [2.24, 2.45) is 0 Å². The Hall–Kier alpha value is -3.80. The van der Waals surface area contributed by atoms with E-state index in [0.29, 0.717) is 29.3 Å². The summed E-state index contributed by atoms with van der Waals surface area (Å²) in [5.74, 6) is 0.857. The molecule has 2 N–H and O–H groups in total. The lowest BCUT2D eigenvalue weighted by Gasteiger charge is -2.25. The number of aryl methyl sites for hydroxylation is 1. The second-order valence-corrected chi connectivity index (χ2v) is 8.05. The predicted octanol–water partition coefficient (Wildman–Crippen LogP) is 4.40. The van der Waals surface area contributed by atoms with Gasteiger partial charge in [0.05, 0.1) is 17.2 Å². The molecule has 0 aromatic heterocycles. The largest absolute Gasteiger partial charge is 0.454 e. The Morgan fingerprint density at radius 3 is 2.69 bits per heavy atom. The molecule has 1 aliphatic heterocycles. The molecule has 1 heterocycles. The molecule has 1 aliphatic carbocycles. The van der Waals surface area contributed by atoms with Crippen LogP contribution in [0.4, 0.5) is 5.69 Å². The number of amides is 2. The summed E-state index contributed by atoms with van der Waals surface area (Å²) < 4.78 is 10.7. The monoisotopic (exact) mass is 428 g/mol. The Bertz CT molecular complexity index is 1170. The van der Waals surface area contributed by atoms with Gasteiger partial charge < -0.3 is 20.1 Å². The molecule has 1 unspecified atom stereocenters. The molecule has 32 heavy (non-hydrogen) atoms. The quantitative estimate of drug-likeness (QED) is 0.631. The van der Waals surface area contributed by atoms with E-state index >= 15 is 0 Å². The smallest absolute Gasteiger partial charge is 0.253 e. The van der Waals surface area contributed by atoms with Gasteiger partial charge in [-0.2, -0.15) is 0 Å². The van der Waals surface area contributed by atoms with Crippen LogP contribution in [0.15, 0.2) is 66.7 Å². The highest BCUT2D eigenvalue weighted by Gasteiger charge is 2.27. The van der Waals surface area contributed by atoms with Crippen LogP contribution >= 0.6 is 0 Å². The minimum Gasteiger partial charge on any atom is -0.454 e. The molecular weight excluding hydrogens is 404 g/mol. The number of fused-ring (bicyclic) bond motifs is 2. The Labute approximate surface area is 186 Å². The predicted molar refractivity (Wildman–Crippen MR) is 121 cm³/mol. The minimum atomic E-state index is -0.248. The van der Waals surface area contributed by atoms with E-state index in [9.17, 15) is 9.59 Å². The Morgan fingerprint density at radius 1 is 0.938 bits per heavy atom. The third-order valence-electron chi connectivity index (χ3n) is 6.01. The summed E-state index contributed by atoms with van der Waals surface area (Å²) in [6, 6.07) is 20.8. The number of hydrogen-bond acceptors (Lipinski definition) is 4. The van der Waals surface area contributed by atoms with E-state index in [1.54, 1.807) is 18.2 Å². The Morgan fingerprint density at radius 2 is 1.75 bits per heavy atom. The van der Waals surface area contributed by atoms with Gasteiger partial charge in [-0.25, -0.2) is 0 Å². The SMILES string of the molecule is O=C(NCc1ccc2c(c1)OCO2)c1ccccc1NC(=O)C1CCCc2ccccc21. The first kappa shape index (κ1) is 20.1. The van der Waals surface area contributed by atoms with E-state index in [1.165, 1.54) is 5.56 Å². The van der Waals surface area contributed by atoms with Crippen LogP contribution in [0.3, 0.4) is 0 Å². The molecule has 6 nitrogen and oxygen atoms in total. The van der Waals surface area contributed by atoms with Gasteiger partial charge in [-0.3, -0.25) is 9.59 Å². The molecule has 3 aromatic carbocycles. The van der Waals surface area contributed by atoms with Crippen LogP contribution in [0.2, 0.25) is 0 Å². The van der Waals surface area contributed by atoms with E-state index in [4.69, 9.17) is 9.47 Å². The van der Waals surface area contributed by atoms with Crippen LogP contribution in [0, 0.1) is 0 Å². The fourth-order valence-electron chi connectivity index (χ4n) is 4.36. The molecule has 2 amide bonds. The first-order valence-electron chi connectivity index (χ1n) is 10.8. The number of carbonyl (C=O) groups is 2. The van der Waals surface area contributed by atoms with E-state index in [-0.39, 0.29) is 24.5 Å². The molecule has 6 heteroatoms. The van der Waals surface area contributed by atoms with Crippen LogP contribution < -0.4 is 20.1 Å². The van der Waals surface area contributed by atoms with Gasteiger partial charge in [0.1, 0.15) is 0 Å². The van der Waals surface area contributed by atoms with Crippen LogP contribution in [-0.2, 0) is 17.8 Å². The van der Waals surface area contributed by atoms with E-state index in [1.807, 2.05) is 42.5 Å². The van der Waals surface area contributed by atoms with Crippen molar-refractivity contribution < 1.29 is 19.1 Å². The maximum Gasteiger partial charge on any atom is 0.253 e. The van der Waals surface area contributed by atoms with Crippen molar-refractivity contribution in [3.8, 4) is 11.5 Å². The minimum absolute atomic E-state index is 0.0758. The first-order valence-corrected chi connectivity index (χ1v) is 10.8. The van der Waals surface area contributed by atoms with E-state index in [0.717, 1.165) is 30.4 Å². The average Bonchev–Trinajstić information content (AvgIpc) is 3.30. The summed E-state index contributed by atoms with van der Waals surface area (Å²) in [5.41, 5.74) is 4.17. The van der Waals surface area contributed by atoms with Gasteiger partial charge in [0, 0.05) is 6.54 Å². The number of nitrogens with one attached hydrogen (secondary N) is 2. The molecule has 3 aromatic rings. The first-order chi connectivity index (χ1) is 15.7. The summed E-state index contributed by atoms with van der Waals surface area (Å²) in [5, 5.41) is 5.93. The zero-order valence-electron chi connectivity index (χ0n) is 17.6. The molecule has 1 atom stereocenters. The van der Waals surface area contributed by atoms with Gasteiger partial charge in [0.15, 0.2) is 11.5 Å². The lowest BCUT2D eigenvalue weighted by Crippen LogP contribution is -2.27. The average molecular weight is 428 g/mol. The second kappa shape index (κ2) is 8.75. The van der Waals surface area contributed by atoms with Gasteiger partial charge in [-0.15, -0.1) is 0 Å². The van der Waals surface area contributed by atoms with Crippen LogP contribution in [0.1, 0.15) is 45.8 Å². The van der Waals surface area contributed by atoms with Crippen LogP contribution in [0.25, 0.3) is 0 Å². The molecule has 0 bridgehead atoms. The number of benzene rings is 3. The molecule has 2 aliphatic rings. The summed E-state index contributed by atoms with van der Waals surface area (Å²) >= 11 is 0. The Kier molecular flexibility index (Phi) is 5.50. The van der Waals surface area contributed by atoms with Crippen molar-refractivity contribution >= 4 is 17.5 Å². The van der Waals surface area contributed by atoms with Gasteiger partial charge >= 0.3 is 0 Å². The highest BCUT2D eigenvalue weighted by atomic mass is 16.7. The molecule has 162 valence electrons. The normalized spacial score (nSPS) is 16.2. The maximum atomic E-state index is 13.1. The highest BCUT2D eigenvalue weighted by molar-refractivity contribution is 6.05. The number of para-hydroxylation sites is 1. The van der Waals surface area contributed by atoms with Crippen molar-refractivity contribution in [2.75, 3.05) is 12.1 Å². The number of carbonyl (C=O) groups excluding carboxylic acids is 2. The molecular formula is C26H24N2O4. The van der Waals surface area contributed by atoms with Crippen LogP contribution in [-0.4, -0.2) is 18.6 Å². The second-order valence-electron chi connectivity index (χ2n) is 8.05. The molecule has 0 saturated carbocycles. The lowest BCUT2D eigenvalue weighted by atomic mass is 9.82. The molecule has 0 radical (unpaired) electrons. The van der Waals surface area contributed by atoms with Crippen molar-refractivity contribution in [1.82, 2.24) is 5.32 Å². The summed E-state index contributed by atoms with van der Waals surface area (Å²) in [6.07, 6.45) is 2.78. The Balaban J connectivity index is 1.29. The zero-order valence-corrected chi connectivity index (χ0v) is 17.6. The third-order valence-corrected chi connectivity index (χ3v) is 6.01. The topological polar surface area (TPSA) is 76.7 Å². The van der Waals surface area contributed by atoms with Gasteiger partial charge in [-0.1, -0.05) is 42.5 Å². The fourth-order valence-corrected chi connectivity index (χ4v) is 4.36. The molecule has 5 rings (SSSR count). The molecule has 0 spiro atoms. The highest BCUT2D eigenvalue weighted by Crippen LogP contribution is 2.33. The maximum absolute atomic E-state index is 13.1. The molecule has 0 saturated heterocycles. The van der Waals surface area contributed by atoms with Crippen molar-refractivity contribution in [1.29, 1.82) is 0 Å². The van der Waals surface area contributed by atoms with E-state index < -0.39 is 0 Å². The number of ether oxygens (including phenoxy) is 2. The van der Waals surface area contributed by atoms with Gasteiger partial charge in [0.2, 0.25) is 12.7 Å².